The van der Waals surface area contributed by atoms with Gasteiger partial charge in [-0.3, -0.25) is 4.79 Å². The first-order valence-corrected chi connectivity index (χ1v) is 7.87. The molecular formula is C17H25NO5. The van der Waals surface area contributed by atoms with E-state index in [0.717, 1.165) is 0 Å². The van der Waals surface area contributed by atoms with Gasteiger partial charge in [0.05, 0.1) is 13.2 Å². The highest BCUT2D eigenvalue weighted by Crippen LogP contribution is 2.28. The van der Waals surface area contributed by atoms with E-state index in [0.29, 0.717) is 36.7 Å². The fourth-order valence-electron chi connectivity index (χ4n) is 2.10. The Hall–Kier alpha value is -2.24. The maximum Gasteiger partial charge on any atom is 0.326 e. The summed E-state index contributed by atoms with van der Waals surface area (Å²) in [5.41, 5.74) is 0.339. The van der Waals surface area contributed by atoms with Crippen molar-refractivity contribution in [1.29, 1.82) is 0 Å². The fourth-order valence-corrected chi connectivity index (χ4v) is 2.10. The molecule has 0 fully saturated rings. The van der Waals surface area contributed by atoms with Crippen LogP contribution in [0.1, 0.15) is 44.5 Å². The zero-order chi connectivity index (χ0) is 17.4. The molecule has 0 aliphatic heterocycles. The zero-order valence-electron chi connectivity index (χ0n) is 14.1. The summed E-state index contributed by atoms with van der Waals surface area (Å²) in [4.78, 5) is 23.7. The summed E-state index contributed by atoms with van der Waals surface area (Å²) in [5.74, 6) is -0.615. The normalized spacial score (nSPS) is 13.0. The Morgan fingerprint density at radius 1 is 1.13 bits per heavy atom. The predicted octanol–water partition coefficient (Wildman–Crippen LogP) is 2.71. The monoisotopic (exact) mass is 323 g/mol. The molecule has 0 bridgehead atoms. The summed E-state index contributed by atoms with van der Waals surface area (Å²) < 4.78 is 10.9. The Bertz CT molecular complexity index is 544. The molecule has 0 saturated carbocycles. The van der Waals surface area contributed by atoms with Crippen LogP contribution in [0.3, 0.4) is 0 Å². The molecule has 0 heterocycles. The molecule has 0 aliphatic carbocycles. The highest BCUT2D eigenvalue weighted by Gasteiger charge is 2.26. The Morgan fingerprint density at radius 3 is 2.26 bits per heavy atom. The van der Waals surface area contributed by atoms with Crippen LogP contribution in [-0.2, 0) is 4.79 Å². The molecule has 0 spiro atoms. The van der Waals surface area contributed by atoms with Crippen molar-refractivity contribution in [1.82, 2.24) is 5.32 Å². The van der Waals surface area contributed by atoms with Gasteiger partial charge in [-0.25, -0.2) is 4.79 Å². The number of carboxylic acid groups (broad SMARTS) is 1. The molecule has 128 valence electrons. The van der Waals surface area contributed by atoms with Gasteiger partial charge in [0, 0.05) is 5.56 Å². The van der Waals surface area contributed by atoms with E-state index >= 15 is 0 Å². The summed E-state index contributed by atoms with van der Waals surface area (Å²) in [6.07, 6.45) is 0.657. The second-order valence-corrected chi connectivity index (χ2v) is 5.20. The molecule has 6 heteroatoms. The molecule has 1 aromatic carbocycles. The first-order valence-electron chi connectivity index (χ1n) is 7.87. The van der Waals surface area contributed by atoms with E-state index in [9.17, 15) is 14.7 Å². The Morgan fingerprint density at radius 2 is 1.74 bits per heavy atom. The van der Waals surface area contributed by atoms with Crippen molar-refractivity contribution in [3.8, 4) is 11.5 Å². The van der Waals surface area contributed by atoms with Crippen LogP contribution in [0.4, 0.5) is 0 Å². The molecule has 0 radical (unpaired) electrons. The molecular weight excluding hydrogens is 298 g/mol. The van der Waals surface area contributed by atoms with Crippen molar-refractivity contribution < 1.29 is 24.2 Å². The zero-order valence-corrected chi connectivity index (χ0v) is 14.1. The SMILES string of the molecule is CCOc1ccc(C(=O)N[C@H](C(=O)O)[C@@H](C)CC)cc1OCC. The van der Waals surface area contributed by atoms with Gasteiger partial charge >= 0.3 is 5.97 Å². The lowest BCUT2D eigenvalue weighted by molar-refractivity contribution is -0.140. The second kappa shape index (κ2) is 9.02. The van der Waals surface area contributed by atoms with Gasteiger partial charge in [0.1, 0.15) is 6.04 Å². The molecule has 6 nitrogen and oxygen atoms in total. The number of aliphatic carboxylic acids is 1. The van der Waals surface area contributed by atoms with Crippen molar-refractivity contribution in [3.63, 3.8) is 0 Å². The summed E-state index contributed by atoms with van der Waals surface area (Å²) in [6, 6.07) is 3.90. The fraction of sp³-hybridized carbons (Fsp3) is 0.529. The average Bonchev–Trinajstić information content (AvgIpc) is 2.53. The Labute approximate surface area is 136 Å². The van der Waals surface area contributed by atoms with E-state index in [1.165, 1.54) is 0 Å². The molecule has 0 aromatic heterocycles. The molecule has 0 saturated heterocycles. The van der Waals surface area contributed by atoms with E-state index < -0.39 is 17.9 Å². The maximum absolute atomic E-state index is 12.3. The van der Waals surface area contributed by atoms with Crippen molar-refractivity contribution in [2.24, 2.45) is 5.92 Å². The summed E-state index contributed by atoms with van der Waals surface area (Å²) in [5, 5.41) is 11.8. The third-order valence-electron chi connectivity index (χ3n) is 3.57. The first kappa shape index (κ1) is 18.8. The molecule has 2 atom stereocenters. The minimum absolute atomic E-state index is 0.162. The van der Waals surface area contributed by atoms with Gasteiger partial charge < -0.3 is 19.9 Å². The van der Waals surface area contributed by atoms with Crippen LogP contribution in [0.5, 0.6) is 11.5 Å². The van der Waals surface area contributed by atoms with Crippen LogP contribution in [0.2, 0.25) is 0 Å². The number of ether oxygens (including phenoxy) is 2. The van der Waals surface area contributed by atoms with Crippen molar-refractivity contribution in [2.75, 3.05) is 13.2 Å². The van der Waals surface area contributed by atoms with Crippen molar-refractivity contribution in [2.45, 2.75) is 40.2 Å². The van der Waals surface area contributed by atoms with Gasteiger partial charge in [0.2, 0.25) is 0 Å². The highest BCUT2D eigenvalue weighted by molar-refractivity contribution is 5.97. The lowest BCUT2D eigenvalue weighted by atomic mass is 9.99. The molecule has 1 aromatic rings. The predicted molar refractivity (Wildman–Crippen MR) is 87.1 cm³/mol. The molecule has 1 rings (SSSR count). The second-order valence-electron chi connectivity index (χ2n) is 5.20. The number of carboxylic acids is 1. The van der Waals surface area contributed by atoms with Crippen LogP contribution in [0.15, 0.2) is 18.2 Å². The number of benzene rings is 1. The quantitative estimate of drug-likeness (QED) is 0.730. The summed E-state index contributed by atoms with van der Waals surface area (Å²) >= 11 is 0. The number of carbonyl (C=O) groups excluding carboxylic acids is 1. The van der Waals surface area contributed by atoms with E-state index in [2.05, 4.69) is 5.32 Å². The van der Waals surface area contributed by atoms with Crippen LogP contribution >= 0.6 is 0 Å². The first-order chi connectivity index (χ1) is 10.9. The van der Waals surface area contributed by atoms with Gasteiger partial charge in [-0.1, -0.05) is 20.3 Å². The minimum atomic E-state index is -1.04. The van der Waals surface area contributed by atoms with E-state index in [4.69, 9.17) is 9.47 Å². The van der Waals surface area contributed by atoms with Crippen LogP contribution < -0.4 is 14.8 Å². The molecule has 1 amide bonds. The van der Waals surface area contributed by atoms with E-state index in [1.807, 2.05) is 20.8 Å². The molecule has 0 aliphatic rings. The summed E-state index contributed by atoms with van der Waals surface area (Å²) in [6.45, 7) is 8.31. The number of hydrogen-bond acceptors (Lipinski definition) is 4. The standard InChI is InChI=1S/C17H25NO5/c1-5-11(4)15(17(20)21)18-16(19)12-8-9-13(22-6-2)14(10-12)23-7-3/h8-11,15H,5-7H2,1-4H3,(H,18,19)(H,20,21)/t11-,15-/m0/s1. The number of hydrogen-bond donors (Lipinski definition) is 2. The number of carbonyl (C=O) groups is 2. The Kier molecular flexibility index (Phi) is 7.38. The van der Waals surface area contributed by atoms with Gasteiger partial charge in [-0.2, -0.15) is 0 Å². The maximum atomic E-state index is 12.3. The summed E-state index contributed by atoms with van der Waals surface area (Å²) in [7, 11) is 0. The van der Waals surface area contributed by atoms with Gasteiger partial charge in [0.25, 0.3) is 5.91 Å². The Balaban J connectivity index is 2.98. The van der Waals surface area contributed by atoms with Crippen molar-refractivity contribution in [3.05, 3.63) is 23.8 Å². The van der Waals surface area contributed by atoms with Crippen molar-refractivity contribution >= 4 is 11.9 Å². The van der Waals surface area contributed by atoms with Crippen LogP contribution in [-0.4, -0.2) is 36.2 Å². The lowest BCUT2D eigenvalue weighted by Crippen LogP contribution is -2.45. The van der Waals surface area contributed by atoms with E-state index in [-0.39, 0.29) is 5.92 Å². The highest BCUT2D eigenvalue weighted by atomic mass is 16.5. The molecule has 0 unspecified atom stereocenters. The largest absolute Gasteiger partial charge is 0.490 e. The molecule has 2 N–H and O–H groups in total. The van der Waals surface area contributed by atoms with Crippen LogP contribution in [0.25, 0.3) is 0 Å². The topological polar surface area (TPSA) is 84.9 Å². The third kappa shape index (κ3) is 5.16. The van der Waals surface area contributed by atoms with Gasteiger partial charge in [-0.15, -0.1) is 0 Å². The third-order valence-corrected chi connectivity index (χ3v) is 3.57. The van der Waals surface area contributed by atoms with Gasteiger partial charge in [-0.05, 0) is 38.0 Å². The smallest absolute Gasteiger partial charge is 0.326 e. The van der Waals surface area contributed by atoms with E-state index in [1.54, 1.807) is 25.1 Å². The van der Waals surface area contributed by atoms with Gasteiger partial charge in [0.15, 0.2) is 11.5 Å². The minimum Gasteiger partial charge on any atom is -0.490 e. The lowest BCUT2D eigenvalue weighted by Gasteiger charge is -2.20. The number of nitrogens with one attached hydrogen (secondary N) is 1. The number of rotatable bonds is 9. The number of amides is 1. The molecule has 23 heavy (non-hydrogen) atoms. The van der Waals surface area contributed by atoms with Crippen LogP contribution in [0, 0.1) is 5.92 Å². The average molecular weight is 323 g/mol.